The van der Waals surface area contributed by atoms with Crippen LogP contribution in [0.15, 0.2) is 54.7 Å². The van der Waals surface area contributed by atoms with Crippen LogP contribution < -0.4 is 5.32 Å². The number of nitrogens with one attached hydrogen (secondary N) is 2. The van der Waals surface area contributed by atoms with Crippen molar-refractivity contribution in [3.05, 3.63) is 71.4 Å². The summed E-state index contributed by atoms with van der Waals surface area (Å²) in [6, 6.07) is 15.7. The zero-order valence-electron chi connectivity index (χ0n) is 11.3. The van der Waals surface area contributed by atoms with Crippen LogP contribution in [0.2, 0.25) is 0 Å². The summed E-state index contributed by atoms with van der Waals surface area (Å²) >= 11 is 0. The van der Waals surface area contributed by atoms with Crippen LogP contribution in [0.25, 0.3) is 10.9 Å². The molecular weight excluding hydrogens is 248 g/mol. The van der Waals surface area contributed by atoms with Crippen molar-refractivity contribution in [2.45, 2.75) is 13.5 Å². The molecule has 2 N–H and O–H groups in total. The average Bonchev–Trinajstić information content (AvgIpc) is 2.93. The fourth-order valence-electron chi connectivity index (χ4n) is 2.28. The van der Waals surface area contributed by atoms with Gasteiger partial charge in [-0.15, -0.1) is 0 Å². The highest BCUT2D eigenvalue weighted by molar-refractivity contribution is 5.98. The van der Waals surface area contributed by atoms with E-state index in [1.165, 1.54) is 5.56 Å². The number of aromatic nitrogens is 1. The number of benzene rings is 2. The van der Waals surface area contributed by atoms with E-state index < -0.39 is 0 Å². The van der Waals surface area contributed by atoms with Crippen LogP contribution >= 0.6 is 0 Å². The van der Waals surface area contributed by atoms with Crippen molar-refractivity contribution < 1.29 is 4.79 Å². The summed E-state index contributed by atoms with van der Waals surface area (Å²) < 4.78 is 0. The minimum absolute atomic E-state index is 0.0450. The normalized spacial score (nSPS) is 10.7. The molecule has 100 valence electrons. The quantitative estimate of drug-likeness (QED) is 0.748. The van der Waals surface area contributed by atoms with Crippen molar-refractivity contribution in [1.82, 2.24) is 10.3 Å². The van der Waals surface area contributed by atoms with Gasteiger partial charge >= 0.3 is 0 Å². The predicted molar refractivity (Wildman–Crippen MR) is 80.6 cm³/mol. The summed E-state index contributed by atoms with van der Waals surface area (Å²) in [5.41, 5.74) is 4.06. The number of rotatable bonds is 3. The molecule has 1 amide bonds. The van der Waals surface area contributed by atoms with Gasteiger partial charge in [0.2, 0.25) is 0 Å². The van der Waals surface area contributed by atoms with Crippen LogP contribution in [0.4, 0.5) is 0 Å². The minimum Gasteiger partial charge on any atom is -0.361 e. The van der Waals surface area contributed by atoms with Gasteiger partial charge < -0.3 is 10.3 Å². The van der Waals surface area contributed by atoms with Crippen LogP contribution in [0.5, 0.6) is 0 Å². The molecule has 0 aliphatic rings. The van der Waals surface area contributed by atoms with Crippen LogP contribution in [0.3, 0.4) is 0 Å². The summed E-state index contributed by atoms with van der Waals surface area (Å²) in [7, 11) is 0. The molecule has 3 aromatic rings. The molecule has 0 bridgehead atoms. The van der Waals surface area contributed by atoms with E-state index >= 15 is 0 Å². The number of aromatic amines is 1. The number of carbonyl (C=O) groups excluding carboxylic acids is 1. The Morgan fingerprint density at radius 2 is 2.00 bits per heavy atom. The Morgan fingerprint density at radius 1 is 1.15 bits per heavy atom. The molecule has 0 unspecified atom stereocenters. The summed E-state index contributed by atoms with van der Waals surface area (Å²) in [4.78, 5) is 15.3. The molecular formula is C17H16N2O. The van der Waals surface area contributed by atoms with E-state index in [0.29, 0.717) is 12.1 Å². The topological polar surface area (TPSA) is 44.9 Å². The molecule has 0 radical (unpaired) electrons. The van der Waals surface area contributed by atoms with E-state index in [2.05, 4.69) is 10.3 Å². The maximum Gasteiger partial charge on any atom is 0.251 e. The third-order valence-corrected chi connectivity index (χ3v) is 3.52. The number of fused-ring (bicyclic) bond motifs is 1. The maximum absolute atomic E-state index is 12.2. The number of H-pyrrole nitrogens is 1. The average molecular weight is 264 g/mol. The first-order valence-corrected chi connectivity index (χ1v) is 6.64. The van der Waals surface area contributed by atoms with Gasteiger partial charge in [0.05, 0.1) is 0 Å². The molecule has 0 aliphatic heterocycles. The lowest BCUT2D eigenvalue weighted by Gasteiger charge is -2.08. The number of hydrogen-bond acceptors (Lipinski definition) is 1. The van der Waals surface area contributed by atoms with Crippen molar-refractivity contribution in [2.75, 3.05) is 0 Å². The van der Waals surface area contributed by atoms with Gasteiger partial charge in [0.15, 0.2) is 0 Å². The highest BCUT2D eigenvalue weighted by atomic mass is 16.1. The van der Waals surface area contributed by atoms with Crippen molar-refractivity contribution in [3.63, 3.8) is 0 Å². The van der Waals surface area contributed by atoms with Crippen molar-refractivity contribution in [2.24, 2.45) is 0 Å². The number of aryl methyl sites for hydroxylation is 1. The van der Waals surface area contributed by atoms with E-state index in [4.69, 9.17) is 0 Å². The third kappa shape index (κ3) is 2.43. The second kappa shape index (κ2) is 5.21. The van der Waals surface area contributed by atoms with E-state index in [1.54, 1.807) is 0 Å². The molecule has 3 rings (SSSR count). The SMILES string of the molecule is Cc1ccccc1CNC(=O)c1ccc2[nH]ccc2c1. The number of hydrogen-bond donors (Lipinski definition) is 2. The molecule has 20 heavy (non-hydrogen) atoms. The van der Waals surface area contributed by atoms with Crippen molar-refractivity contribution in [1.29, 1.82) is 0 Å². The first kappa shape index (κ1) is 12.5. The second-order valence-electron chi connectivity index (χ2n) is 4.89. The first-order valence-electron chi connectivity index (χ1n) is 6.64. The Kier molecular flexibility index (Phi) is 3.25. The van der Waals surface area contributed by atoms with Crippen molar-refractivity contribution in [3.8, 4) is 0 Å². The van der Waals surface area contributed by atoms with E-state index in [0.717, 1.165) is 16.5 Å². The molecule has 1 heterocycles. The zero-order valence-corrected chi connectivity index (χ0v) is 11.3. The van der Waals surface area contributed by atoms with Crippen molar-refractivity contribution >= 4 is 16.8 Å². The van der Waals surface area contributed by atoms with Gasteiger partial charge in [-0.05, 0) is 42.3 Å². The Balaban J connectivity index is 1.74. The molecule has 0 aliphatic carbocycles. The molecule has 2 aromatic carbocycles. The molecule has 0 atom stereocenters. The van der Waals surface area contributed by atoms with Crippen LogP contribution in [-0.4, -0.2) is 10.9 Å². The summed E-state index contributed by atoms with van der Waals surface area (Å²) in [6.07, 6.45) is 1.87. The van der Waals surface area contributed by atoms with Gasteiger partial charge in [-0.3, -0.25) is 4.79 Å². The molecule has 0 fully saturated rings. The summed E-state index contributed by atoms with van der Waals surface area (Å²) in [5, 5.41) is 4.01. The molecule has 0 spiro atoms. The molecule has 1 aromatic heterocycles. The van der Waals surface area contributed by atoms with Gasteiger partial charge in [-0.25, -0.2) is 0 Å². The van der Waals surface area contributed by atoms with Gasteiger partial charge in [-0.1, -0.05) is 24.3 Å². The lowest BCUT2D eigenvalue weighted by Crippen LogP contribution is -2.23. The van der Waals surface area contributed by atoms with Crippen LogP contribution in [0, 0.1) is 6.92 Å². The fourth-order valence-corrected chi connectivity index (χ4v) is 2.28. The molecule has 3 nitrogen and oxygen atoms in total. The molecule has 0 saturated heterocycles. The van der Waals surface area contributed by atoms with E-state index in [9.17, 15) is 4.79 Å². The first-order chi connectivity index (χ1) is 9.74. The smallest absolute Gasteiger partial charge is 0.251 e. The lowest BCUT2D eigenvalue weighted by atomic mass is 10.1. The second-order valence-corrected chi connectivity index (χ2v) is 4.89. The monoisotopic (exact) mass is 264 g/mol. The minimum atomic E-state index is -0.0450. The van der Waals surface area contributed by atoms with E-state index in [-0.39, 0.29) is 5.91 Å². The lowest BCUT2D eigenvalue weighted by molar-refractivity contribution is 0.0951. The largest absolute Gasteiger partial charge is 0.361 e. The highest BCUT2D eigenvalue weighted by Gasteiger charge is 2.07. The van der Waals surface area contributed by atoms with Gasteiger partial charge in [0, 0.05) is 29.2 Å². The number of amides is 1. The van der Waals surface area contributed by atoms with Gasteiger partial charge in [0.1, 0.15) is 0 Å². The summed E-state index contributed by atoms with van der Waals surface area (Å²) in [6.45, 7) is 2.60. The van der Waals surface area contributed by atoms with Gasteiger partial charge in [-0.2, -0.15) is 0 Å². The summed E-state index contributed by atoms with van der Waals surface area (Å²) in [5.74, 6) is -0.0450. The third-order valence-electron chi connectivity index (χ3n) is 3.52. The Hall–Kier alpha value is -2.55. The Bertz CT molecular complexity index is 758. The van der Waals surface area contributed by atoms with Gasteiger partial charge in [0.25, 0.3) is 5.91 Å². The fraction of sp³-hybridized carbons (Fsp3) is 0.118. The zero-order chi connectivity index (χ0) is 13.9. The number of carbonyl (C=O) groups is 1. The Morgan fingerprint density at radius 3 is 2.85 bits per heavy atom. The maximum atomic E-state index is 12.2. The Labute approximate surface area is 117 Å². The van der Waals surface area contributed by atoms with E-state index in [1.807, 2.05) is 61.7 Å². The highest BCUT2D eigenvalue weighted by Crippen LogP contribution is 2.14. The predicted octanol–water partition coefficient (Wildman–Crippen LogP) is 3.41. The molecule has 0 saturated carbocycles. The standard InChI is InChI=1S/C17H16N2O/c1-12-4-2-3-5-15(12)11-19-17(20)14-6-7-16-13(10-14)8-9-18-16/h2-10,18H,11H2,1H3,(H,19,20). The van der Waals surface area contributed by atoms with Crippen LogP contribution in [-0.2, 0) is 6.54 Å². The van der Waals surface area contributed by atoms with Crippen LogP contribution in [0.1, 0.15) is 21.5 Å². The molecule has 3 heteroatoms.